The lowest BCUT2D eigenvalue weighted by Gasteiger charge is -2.26. The van der Waals surface area contributed by atoms with E-state index in [1.54, 1.807) is 17.2 Å². The van der Waals surface area contributed by atoms with Gasteiger partial charge in [0.1, 0.15) is 6.04 Å². The highest BCUT2D eigenvalue weighted by Gasteiger charge is 2.44. The second kappa shape index (κ2) is 6.20. The van der Waals surface area contributed by atoms with Gasteiger partial charge in [-0.3, -0.25) is 19.7 Å². The number of hydrogen-bond acceptors (Lipinski definition) is 3. The highest BCUT2D eigenvalue weighted by molar-refractivity contribution is 6.08. The SMILES string of the molecule is O=C1CC(N(C(=O)c2ccn(Cc3ccccc3)c2)C2CC2)C(=O)N1. The molecule has 128 valence electrons. The summed E-state index contributed by atoms with van der Waals surface area (Å²) in [4.78, 5) is 38.1. The van der Waals surface area contributed by atoms with Gasteiger partial charge in [-0.2, -0.15) is 0 Å². The number of imide groups is 1. The number of nitrogens with one attached hydrogen (secondary N) is 1. The number of carbonyl (C=O) groups excluding carboxylic acids is 3. The van der Waals surface area contributed by atoms with Crippen molar-refractivity contribution in [2.75, 3.05) is 0 Å². The molecular weight excluding hydrogens is 318 g/mol. The van der Waals surface area contributed by atoms with Crippen LogP contribution in [0.2, 0.25) is 0 Å². The normalized spacial score (nSPS) is 19.8. The van der Waals surface area contributed by atoms with E-state index >= 15 is 0 Å². The molecule has 0 spiro atoms. The van der Waals surface area contributed by atoms with Crippen LogP contribution in [0, 0.1) is 0 Å². The maximum atomic E-state index is 13.0. The van der Waals surface area contributed by atoms with Crippen molar-refractivity contribution in [3.63, 3.8) is 0 Å². The number of nitrogens with zero attached hydrogens (tertiary/aromatic N) is 2. The fourth-order valence-corrected chi connectivity index (χ4v) is 3.29. The second-order valence-corrected chi connectivity index (χ2v) is 6.63. The quantitative estimate of drug-likeness (QED) is 0.842. The van der Waals surface area contributed by atoms with E-state index in [0.717, 1.165) is 18.4 Å². The summed E-state index contributed by atoms with van der Waals surface area (Å²) in [5, 5.41) is 2.30. The molecule has 2 aromatic rings. The molecule has 0 radical (unpaired) electrons. The summed E-state index contributed by atoms with van der Waals surface area (Å²) in [6, 6.07) is 11.2. The third-order valence-electron chi connectivity index (χ3n) is 4.66. The van der Waals surface area contributed by atoms with E-state index in [1.807, 2.05) is 41.1 Å². The van der Waals surface area contributed by atoms with Crippen LogP contribution in [0.25, 0.3) is 0 Å². The van der Waals surface area contributed by atoms with Gasteiger partial charge in [-0.15, -0.1) is 0 Å². The summed E-state index contributed by atoms with van der Waals surface area (Å²) in [6.07, 6.45) is 5.50. The summed E-state index contributed by atoms with van der Waals surface area (Å²) >= 11 is 0. The third kappa shape index (κ3) is 3.20. The van der Waals surface area contributed by atoms with Gasteiger partial charge >= 0.3 is 0 Å². The van der Waals surface area contributed by atoms with Gasteiger partial charge in [0.05, 0.1) is 12.0 Å². The van der Waals surface area contributed by atoms with Gasteiger partial charge in [0.2, 0.25) is 11.8 Å². The summed E-state index contributed by atoms with van der Waals surface area (Å²) < 4.78 is 1.95. The number of amides is 3. The highest BCUT2D eigenvalue weighted by atomic mass is 16.2. The molecule has 3 amide bonds. The molecule has 1 aliphatic heterocycles. The van der Waals surface area contributed by atoms with Crippen molar-refractivity contribution < 1.29 is 14.4 Å². The molecule has 1 saturated carbocycles. The first-order valence-electron chi connectivity index (χ1n) is 8.48. The molecule has 2 fully saturated rings. The van der Waals surface area contributed by atoms with Crippen LogP contribution in [0.5, 0.6) is 0 Å². The van der Waals surface area contributed by atoms with Crippen LogP contribution in [0.4, 0.5) is 0 Å². The zero-order valence-corrected chi connectivity index (χ0v) is 13.7. The predicted molar refractivity (Wildman–Crippen MR) is 90.7 cm³/mol. The van der Waals surface area contributed by atoms with Crippen LogP contribution < -0.4 is 5.32 Å². The predicted octanol–water partition coefficient (Wildman–Crippen LogP) is 1.56. The Labute approximate surface area is 145 Å². The minimum atomic E-state index is -0.676. The van der Waals surface area contributed by atoms with Crippen molar-refractivity contribution >= 4 is 17.7 Å². The molecule has 2 aliphatic rings. The van der Waals surface area contributed by atoms with E-state index in [9.17, 15) is 14.4 Å². The Hall–Kier alpha value is -2.89. The first kappa shape index (κ1) is 15.6. The van der Waals surface area contributed by atoms with Crippen molar-refractivity contribution in [1.29, 1.82) is 0 Å². The van der Waals surface area contributed by atoms with Crippen LogP contribution in [0.15, 0.2) is 48.8 Å². The molecule has 1 aromatic carbocycles. The Kier molecular flexibility index (Phi) is 3.87. The lowest BCUT2D eigenvalue weighted by molar-refractivity contribution is -0.126. The fraction of sp³-hybridized carbons (Fsp3) is 0.316. The van der Waals surface area contributed by atoms with Crippen molar-refractivity contribution in [2.24, 2.45) is 0 Å². The average molecular weight is 337 g/mol. The van der Waals surface area contributed by atoms with E-state index in [1.165, 1.54) is 0 Å². The molecule has 1 atom stereocenters. The van der Waals surface area contributed by atoms with Gasteiger partial charge < -0.3 is 9.47 Å². The Morgan fingerprint density at radius 1 is 1.16 bits per heavy atom. The van der Waals surface area contributed by atoms with Crippen molar-refractivity contribution in [3.8, 4) is 0 Å². The number of benzene rings is 1. The Morgan fingerprint density at radius 3 is 2.56 bits per heavy atom. The number of hydrogen-bond donors (Lipinski definition) is 1. The van der Waals surface area contributed by atoms with Crippen LogP contribution in [-0.2, 0) is 16.1 Å². The van der Waals surface area contributed by atoms with Gasteiger partial charge in [-0.1, -0.05) is 30.3 Å². The van der Waals surface area contributed by atoms with Crippen LogP contribution >= 0.6 is 0 Å². The number of carbonyl (C=O) groups is 3. The Bertz CT molecular complexity index is 823. The summed E-state index contributed by atoms with van der Waals surface area (Å²) in [5.74, 6) is -0.853. The largest absolute Gasteiger partial charge is 0.349 e. The number of rotatable bonds is 5. The first-order valence-corrected chi connectivity index (χ1v) is 8.48. The second-order valence-electron chi connectivity index (χ2n) is 6.63. The third-order valence-corrected chi connectivity index (χ3v) is 4.66. The van der Waals surface area contributed by atoms with Crippen LogP contribution in [-0.4, -0.2) is 39.3 Å². The number of aromatic nitrogens is 1. The Balaban J connectivity index is 1.53. The summed E-state index contributed by atoms with van der Waals surface area (Å²) in [6.45, 7) is 0.681. The van der Waals surface area contributed by atoms with E-state index in [4.69, 9.17) is 0 Å². The zero-order valence-electron chi connectivity index (χ0n) is 13.7. The van der Waals surface area contributed by atoms with Gasteiger partial charge in [0.25, 0.3) is 5.91 Å². The van der Waals surface area contributed by atoms with Gasteiger partial charge in [-0.25, -0.2) is 0 Å². The van der Waals surface area contributed by atoms with Gasteiger partial charge in [0, 0.05) is 25.0 Å². The monoisotopic (exact) mass is 337 g/mol. The minimum absolute atomic E-state index is 0.0613. The molecule has 0 bridgehead atoms. The minimum Gasteiger partial charge on any atom is -0.349 e. The molecular formula is C19H19N3O3. The van der Waals surface area contributed by atoms with Crippen LogP contribution in [0.1, 0.15) is 35.2 Å². The highest BCUT2D eigenvalue weighted by Crippen LogP contribution is 2.32. The Morgan fingerprint density at radius 2 is 1.92 bits per heavy atom. The zero-order chi connectivity index (χ0) is 17.4. The van der Waals surface area contributed by atoms with Crippen molar-refractivity contribution in [2.45, 2.75) is 37.9 Å². The molecule has 2 heterocycles. The average Bonchev–Trinajstić information content (AvgIpc) is 3.23. The lowest BCUT2D eigenvalue weighted by atomic mass is 10.1. The smallest absolute Gasteiger partial charge is 0.256 e. The van der Waals surface area contributed by atoms with Crippen molar-refractivity contribution in [3.05, 3.63) is 59.9 Å². The molecule has 1 aliphatic carbocycles. The summed E-state index contributed by atoms with van der Waals surface area (Å²) in [5.41, 5.74) is 1.70. The fourth-order valence-electron chi connectivity index (χ4n) is 3.29. The van der Waals surface area contributed by atoms with Crippen LogP contribution in [0.3, 0.4) is 0 Å². The standard InChI is InChI=1S/C19H19N3O3/c23-17-10-16(18(24)20-17)22(15-6-7-15)19(25)14-8-9-21(12-14)11-13-4-2-1-3-5-13/h1-5,8-9,12,15-16H,6-7,10-11H2,(H,20,23,24). The molecule has 6 heteroatoms. The van der Waals surface area contributed by atoms with Crippen molar-refractivity contribution in [1.82, 2.24) is 14.8 Å². The molecule has 1 aromatic heterocycles. The molecule has 25 heavy (non-hydrogen) atoms. The molecule has 4 rings (SSSR count). The first-order chi connectivity index (χ1) is 12.1. The molecule has 1 N–H and O–H groups in total. The molecule has 1 unspecified atom stereocenters. The molecule has 6 nitrogen and oxygen atoms in total. The van der Waals surface area contributed by atoms with E-state index in [-0.39, 0.29) is 30.2 Å². The summed E-state index contributed by atoms with van der Waals surface area (Å²) in [7, 11) is 0. The maximum Gasteiger partial charge on any atom is 0.256 e. The van der Waals surface area contributed by atoms with E-state index < -0.39 is 6.04 Å². The topological polar surface area (TPSA) is 71.4 Å². The lowest BCUT2D eigenvalue weighted by Crippen LogP contribution is -2.45. The van der Waals surface area contributed by atoms with Gasteiger partial charge in [0.15, 0.2) is 0 Å². The maximum absolute atomic E-state index is 13.0. The van der Waals surface area contributed by atoms with E-state index in [2.05, 4.69) is 5.32 Å². The van der Waals surface area contributed by atoms with E-state index in [0.29, 0.717) is 12.1 Å². The molecule has 1 saturated heterocycles. The van der Waals surface area contributed by atoms with Gasteiger partial charge in [-0.05, 0) is 24.5 Å².